The number of benzene rings is 1. The summed E-state index contributed by atoms with van der Waals surface area (Å²) in [6.07, 6.45) is 0. The molecule has 0 aliphatic heterocycles. The Labute approximate surface area is 137 Å². The van der Waals surface area contributed by atoms with E-state index in [0.717, 1.165) is 0 Å². The molecule has 0 unspecified atom stereocenters. The molecule has 0 fully saturated rings. The Morgan fingerprint density at radius 2 is 2.00 bits per heavy atom. The second-order valence-corrected chi connectivity index (χ2v) is 5.38. The molecule has 0 aliphatic rings. The highest BCUT2D eigenvalue weighted by Crippen LogP contribution is 2.24. The highest BCUT2D eigenvalue weighted by Gasteiger charge is 2.25. The molecule has 1 amide bonds. The van der Waals surface area contributed by atoms with E-state index in [2.05, 4.69) is 0 Å². The van der Waals surface area contributed by atoms with Crippen molar-refractivity contribution in [3.8, 4) is 0 Å². The number of hydrogen-bond acceptors (Lipinski definition) is 5. The lowest BCUT2D eigenvalue weighted by Crippen LogP contribution is -2.27. The number of nitro groups is 1. The molecule has 0 radical (unpaired) electrons. The summed E-state index contributed by atoms with van der Waals surface area (Å²) in [6.45, 7) is 3.13. The van der Waals surface area contributed by atoms with E-state index in [9.17, 15) is 19.7 Å². The first-order chi connectivity index (χ1) is 11.2. The standard InChI is InChI=1S/C16H16N2O6/c1-9-5-4-6-13(18(22)23)14(9)15(19)17(3)8-11-7-12(16(20)21)10(2)24-11/h4-7H,8H2,1-3H3,(H,20,21). The summed E-state index contributed by atoms with van der Waals surface area (Å²) in [5.41, 5.74) is 0.246. The number of amides is 1. The third kappa shape index (κ3) is 3.27. The second kappa shape index (κ2) is 6.53. The van der Waals surface area contributed by atoms with Crippen molar-refractivity contribution in [2.45, 2.75) is 20.4 Å². The molecule has 0 spiro atoms. The summed E-state index contributed by atoms with van der Waals surface area (Å²) in [5, 5.41) is 20.2. The third-order valence-corrected chi connectivity index (χ3v) is 3.60. The smallest absolute Gasteiger partial charge is 0.339 e. The Hall–Kier alpha value is -3.16. The number of hydrogen-bond donors (Lipinski definition) is 1. The van der Waals surface area contributed by atoms with Crippen molar-refractivity contribution in [3.63, 3.8) is 0 Å². The first kappa shape index (κ1) is 17.2. The molecule has 0 atom stereocenters. The van der Waals surface area contributed by atoms with Crippen LogP contribution in [0.25, 0.3) is 0 Å². The lowest BCUT2D eigenvalue weighted by atomic mass is 10.1. The van der Waals surface area contributed by atoms with Gasteiger partial charge in [0.25, 0.3) is 11.6 Å². The van der Waals surface area contributed by atoms with Gasteiger partial charge in [-0.15, -0.1) is 0 Å². The van der Waals surface area contributed by atoms with Crippen LogP contribution in [0.5, 0.6) is 0 Å². The summed E-state index contributed by atoms with van der Waals surface area (Å²) >= 11 is 0. The summed E-state index contributed by atoms with van der Waals surface area (Å²) in [7, 11) is 1.47. The zero-order valence-electron chi connectivity index (χ0n) is 13.4. The Morgan fingerprint density at radius 3 is 2.54 bits per heavy atom. The molecule has 8 heteroatoms. The number of aromatic carboxylic acids is 1. The number of carbonyl (C=O) groups excluding carboxylic acids is 1. The van der Waals surface area contributed by atoms with Crippen molar-refractivity contribution in [2.24, 2.45) is 0 Å². The Bertz CT molecular complexity index is 824. The lowest BCUT2D eigenvalue weighted by molar-refractivity contribution is -0.385. The SMILES string of the molecule is Cc1cccc([N+](=O)[O-])c1C(=O)N(C)Cc1cc(C(=O)O)c(C)o1. The molecule has 126 valence electrons. The van der Waals surface area contributed by atoms with Gasteiger partial charge in [0.1, 0.15) is 22.6 Å². The van der Waals surface area contributed by atoms with Crippen LogP contribution in [0.1, 0.15) is 37.8 Å². The first-order valence-electron chi connectivity index (χ1n) is 7.04. The monoisotopic (exact) mass is 332 g/mol. The Balaban J connectivity index is 2.30. The van der Waals surface area contributed by atoms with Crippen molar-refractivity contribution >= 4 is 17.6 Å². The van der Waals surface area contributed by atoms with E-state index in [1.165, 1.54) is 37.1 Å². The fraction of sp³-hybridized carbons (Fsp3) is 0.250. The normalized spacial score (nSPS) is 10.5. The van der Waals surface area contributed by atoms with Gasteiger partial charge in [0.05, 0.1) is 11.5 Å². The molecule has 0 bridgehead atoms. The number of nitrogens with zero attached hydrogens (tertiary/aromatic N) is 2. The van der Waals surface area contributed by atoms with Gasteiger partial charge < -0.3 is 14.4 Å². The van der Waals surface area contributed by atoms with Gasteiger partial charge in [0.2, 0.25) is 0 Å². The van der Waals surface area contributed by atoms with Crippen molar-refractivity contribution in [3.05, 3.63) is 62.6 Å². The van der Waals surface area contributed by atoms with Crippen LogP contribution >= 0.6 is 0 Å². The zero-order valence-corrected chi connectivity index (χ0v) is 13.4. The Morgan fingerprint density at radius 1 is 1.33 bits per heavy atom. The lowest BCUT2D eigenvalue weighted by Gasteiger charge is -2.17. The molecule has 0 aliphatic carbocycles. The minimum atomic E-state index is -1.12. The van der Waals surface area contributed by atoms with Gasteiger partial charge in [-0.25, -0.2) is 4.79 Å². The van der Waals surface area contributed by atoms with E-state index in [-0.39, 0.29) is 34.9 Å². The summed E-state index contributed by atoms with van der Waals surface area (Å²) in [6, 6.07) is 5.74. The highest BCUT2D eigenvalue weighted by molar-refractivity contribution is 5.99. The molecule has 1 aromatic heterocycles. The number of carboxylic acid groups (broad SMARTS) is 1. The number of aryl methyl sites for hydroxylation is 2. The number of carbonyl (C=O) groups is 2. The highest BCUT2D eigenvalue weighted by atomic mass is 16.6. The van der Waals surface area contributed by atoms with E-state index in [4.69, 9.17) is 9.52 Å². The van der Waals surface area contributed by atoms with Crippen LogP contribution in [0.15, 0.2) is 28.7 Å². The minimum absolute atomic E-state index is 0.00155. The third-order valence-electron chi connectivity index (χ3n) is 3.60. The molecule has 24 heavy (non-hydrogen) atoms. The molecule has 1 aromatic carbocycles. The number of rotatable bonds is 5. The summed E-state index contributed by atoms with van der Waals surface area (Å²) in [4.78, 5) is 35.4. The van der Waals surface area contributed by atoms with Crippen LogP contribution in [0.3, 0.4) is 0 Å². The van der Waals surface area contributed by atoms with Gasteiger partial charge in [0, 0.05) is 13.1 Å². The molecule has 8 nitrogen and oxygen atoms in total. The predicted octanol–water partition coefficient (Wildman–Crippen LogP) is 2.78. The van der Waals surface area contributed by atoms with Crippen molar-refractivity contribution in [2.75, 3.05) is 7.05 Å². The van der Waals surface area contributed by atoms with E-state index < -0.39 is 16.8 Å². The maximum atomic E-state index is 12.6. The molecule has 2 rings (SSSR count). The van der Waals surface area contributed by atoms with E-state index in [1.807, 2.05) is 0 Å². The van der Waals surface area contributed by atoms with Crippen molar-refractivity contribution < 1.29 is 24.0 Å². The maximum Gasteiger partial charge on any atom is 0.339 e. The van der Waals surface area contributed by atoms with Gasteiger partial charge >= 0.3 is 5.97 Å². The fourth-order valence-electron chi connectivity index (χ4n) is 2.41. The molecular formula is C16H16N2O6. The molecule has 1 heterocycles. The van der Waals surface area contributed by atoms with Gasteiger partial charge in [-0.2, -0.15) is 0 Å². The average Bonchev–Trinajstić information content (AvgIpc) is 2.86. The Kier molecular flexibility index (Phi) is 4.68. The zero-order chi connectivity index (χ0) is 18.0. The van der Waals surface area contributed by atoms with E-state index in [1.54, 1.807) is 13.0 Å². The molecule has 0 saturated heterocycles. The minimum Gasteiger partial charge on any atom is -0.478 e. The largest absolute Gasteiger partial charge is 0.478 e. The first-order valence-corrected chi connectivity index (χ1v) is 7.04. The van der Waals surface area contributed by atoms with Crippen LogP contribution in [-0.2, 0) is 6.54 Å². The molecule has 0 saturated carbocycles. The quantitative estimate of drug-likeness (QED) is 0.665. The van der Waals surface area contributed by atoms with E-state index in [0.29, 0.717) is 5.56 Å². The average molecular weight is 332 g/mol. The van der Waals surface area contributed by atoms with Gasteiger partial charge in [-0.1, -0.05) is 12.1 Å². The predicted molar refractivity (Wildman–Crippen MR) is 84.0 cm³/mol. The van der Waals surface area contributed by atoms with Gasteiger partial charge in [0.15, 0.2) is 0 Å². The van der Waals surface area contributed by atoms with Crippen LogP contribution in [0.2, 0.25) is 0 Å². The topological polar surface area (TPSA) is 114 Å². The van der Waals surface area contributed by atoms with Gasteiger partial charge in [-0.05, 0) is 25.5 Å². The van der Waals surface area contributed by atoms with Crippen LogP contribution in [0.4, 0.5) is 5.69 Å². The molecule has 1 N–H and O–H groups in total. The van der Waals surface area contributed by atoms with Crippen LogP contribution in [0, 0.1) is 24.0 Å². The number of furan rings is 1. The molecule has 2 aromatic rings. The van der Waals surface area contributed by atoms with Crippen molar-refractivity contribution in [1.82, 2.24) is 4.90 Å². The van der Waals surface area contributed by atoms with Gasteiger partial charge in [-0.3, -0.25) is 14.9 Å². The number of nitro benzene ring substituents is 1. The fourth-order valence-corrected chi connectivity index (χ4v) is 2.41. The van der Waals surface area contributed by atoms with Crippen LogP contribution < -0.4 is 0 Å². The maximum absolute atomic E-state index is 12.6. The second-order valence-electron chi connectivity index (χ2n) is 5.38. The molecular weight excluding hydrogens is 316 g/mol. The van der Waals surface area contributed by atoms with Crippen molar-refractivity contribution in [1.29, 1.82) is 0 Å². The van der Waals surface area contributed by atoms with E-state index >= 15 is 0 Å². The summed E-state index contributed by atoms with van der Waals surface area (Å²) in [5.74, 6) is -1.13. The summed E-state index contributed by atoms with van der Waals surface area (Å²) < 4.78 is 5.33. The van der Waals surface area contributed by atoms with Crippen LogP contribution in [-0.4, -0.2) is 33.9 Å². The number of carboxylic acids is 1.